The second-order valence-corrected chi connectivity index (χ2v) is 17.0. The van der Waals surface area contributed by atoms with Crippen LogP contribution in [-0.4, -0.2) is 56.5 Å². The van der Waals surface area contributed by atoms with Gasteiger partial charge in [-0.3, -0.25) is 14.5 Å². The number of benzene rings is 4. The third-order valence-corrected chi connectivity index (χ3v) is 13.4. The van der Waals surface area contributed by atoms with Gasteiger partial charge in [0.2, 0.25) is 5.91 Å². The molecule has 56 heavy (non-hydrogen) atoms. The first-order chi connectivity index (χ1) is 26.4. The van der Waals surface area contributed by atoms with E-state index in [9.17, 15) is 27.2 Å². The molecule has 0 bridgehead atoms. The molecule has 0 aromatic heterocycles. The Balaban J connectivity index is 0.000000170. The van der Waals surface area contributed by atoms with E-state index in [0.29, 0.717) is 23.1 Å². The van der Waals surface area contributed by atoms with E-state index < -0.39 is 39.1 Å². The van der Waals surface area contributed by atoms with Gasteiger partial charge in [-0.05, 0) is 104 Å². The number of hydrogen-bond donors (Lipinski definition) is 1. The van der Waals surface area contributed by atoms with Crippen molar-refractivity contribution in [1.82, 2.24) is 14.9 Å². The van der Waals surface area contributed by atoms with Crippen molar-refractivity contribution in [3.05, 3.63) is 142 Å². The Labute approximate surface area is 332 Å². The zero-order chi connectivity index (χ0) is 38.6. The highest BCUT2D eigenvalue weighted by Gasteiger charge is 2.54. The van der Waals surface area contributed by atoms with Crippen LogP contribution in [0.3, 0.4) is 0 Å². The molecule has 2 spiro atoms. The molecule has 14 heteroatoms. The van der Waals surface area contributed by atoms with Crippen LogP contribution in [0.1, 0.15) is 73.4 Å². The lowest BCUT2D eigenvalue weighted by molar-refractivity contribution is -0.137. The van der Waals surface area contributed by atoms with Gasteiger partial charge in [0.05, 0.1) is 6.04 Å². The summed E-state index contributed by atoms with van der Waals surface area (Å²) in [4.78, 5) is 26.3. The number of nitrogens with two attached hydrogens (primary N) is 1. The zero-order valence-corrected chi connectivity index (χ0v) is 31.8. The molecule has 0 saturated heterocycles. The van der Waals surface area contributed by atoms with E-state index in [-0.39, 0.29) is 36.3 Å². The summed E-state index contributed by atoms with van der Waals surface area (Å²) < 4.78 is 56.3. The van der Waals surface area contributed by atoms with Gasteiger partial charge in [0, 0.05) is 31.1 Å². The van der Waals surface area contributed by atoms with Crippen LogP contribution in [0, 0.1) is 29.2 Å². The van der Waals surface area contributed by atoms with E-state index in [1.54, 1.807) is 0 Å². The van der Waals surface area contributed by atoms with E-state index in [0.717, 1.165) is 90.9 Å². The molecule has 292 valence electrons. The van der Waals surface area contributed by atoms with Gasteiger partial charge in [-0.25, -0.2) is 27.6 Å². The van der Waals surface area contributed by atoms with Gasteiger partial charge >= 0.3 is 0 Å². The number of fused-ring (bicyclic) bond motifs is 4. The molecule has 4 aromatic carbocycles. The number of carbonyl (C=O) groups excluding carboxylic acids is 2. The van der Waals surface area contributed by atoms with Crippen LogP contribution in [0.25, 0.3) is 0 Å². The van der Waals surface area contributed by atoms with Crippen LogP contribution >= 0.6 is 23.5 Å². The molecule has 5 aliphatic rings. The van der Waals surface area contributed by atoms with E-state index >= 15 is 0 Å². The maximum Gasteiger partial charge on any atom is 0.261 e. The van der Waals surface area contributed by atoms with Crippen molar-refractivity contribution >= 4 is 45.4 Å². The van der Waals surface area contributed by atoms with Gasteiger partial charge in [-0.1, -0.05) is 79.5 Å². The average Bonchev–Trinajstić information content (AvgIpc) is 3.86. The summed E-state index contributed by atoms with van der Waals surface area (Å²) in [7, 11) is 1.97. The second-order valence-electron chi connectivity index (χ2n) is 14.5. The van der Waals surface area contributed by atoms with Crippen LogP contribution in [0.5, 0.6) is 0 Å². The summed E-state index contributed by atoms with van der Waals surface area (Å²) in [5.74, 6) is -2.51. The highest BCUT2D eigenvalue weighted by molar-refractivity contribution is 8.15. The lowest BCUT2D eigenvalue weighted by Crippen LogP contribution is -2.51. The van der Waals surface area contributed by atoms with Crippen LogP contribution in [-0.2, 0) is 32.3 Å². The topological polar surface area (TPSA) is 94.6 Å². The van der Waals surface area contributed by atoms with Crippen molar-refractivity contribution < 1.29 is 27.2 Å². The van der Waals surface area contributed by atoms with Crippen molar-refractivity contribution in [3.63, 3.8) is 0 Å². The third-order valence-electron chi connectivity index (χ3n) is 10.6. The number of rotatable bonds is 4. The minimum Gasteiger partial charge on any atom is -0.320 e. The van der Waals surface area contributed by atoms with E-state index in [4.69, 9.17) is 5.73 Å². The molecule has 2 aliphatic carbocycles. The van der Waals surface area contributed by atoms with Gasteiger partial charge in [0.15, 0.2) is 4.87 Å². The first kappa shape index (κ1) is 39.7. The van der Waals surface area contributed by atoms with Gasteiger partial charge < -0.3 is 5.73 Å². The minimum absolute atomic E-state index is 0. The Bertz CT molecular complexity index is 2270. The monoisotopic (exact) mass is 802 g/mol. The molecule has 1 fully saturated rings. The molecule has 8 nitrogen and oxygen atoms in total. The molecule has 1 saturated carbocycles. The number of aryl methyl sites for hydroxylation is 1. The van der Waals surface area contributed by atoms with Gasteiger partial charge in [0.1, 0.15) is 38.2 Å². The summed E-state index contributed by atoms with van der Waals surface area (Å²) in [6, 6.07) is 21.8. The normalized spacial score (nSPS) is 23.1. The largest absolute Gasteiger partial charge is 0.320 e. The number of hydrogen-bond acceptors (Lipinski definition) is 8. The van der Waals surface area contributed by atoms with Crippen LogP contribution in [0.15, 0.2) is 95.1 Å². The molecule has 0 radical (unpaired) electrons. The summed E-state index contributed by atoms with van der Waals surface area (Å²) in [5, 5.41) is 12.4. The summed E-state index contributed by atoms with van der Waals surface area (Å²) in [6.45, 7) is 2.74. The predicted molar refractivity (Wildman–Crippen MR) is 213 cm³/mol. The summed E-state index contributed by atoms with van der Waals surface area (Å²) in [6.07, 6.45) is 4.35. The highest BCUT2D eigenvalue weighted by Crippen LogP contribution is 2.55. The average molecular weight is 803 g/mol. The molecular weight excluding hydrogens is 761 g/mol. The molecule has 2 unspecified atom stereocenters. The molecule has 3 heterocycles. The molecule has 2 amide bonds. The molecule has 9 rings (SSSR count). The summed E-state index contributed by atoms with van der Waals surface area (Å²) in [5.41, 5.74) is 10.6. The maximum absolute atomic E-state index is 14.5. The van der Waals surface area contributed by atoms with Crippen molar-refractivity contribution in [1.29, 1.82) is 0 Å². The van der Waals surface area contributed by atoms with E-state index in [1.807, 2.05) is 49.5 Å². The Morgan fingerprint density at radius 1 is 0.786 bits per heavy atom. The van der Waals surface area contributed by atoms with Crippen LogP contribution < -0.4 is 5.73 Å². The maximum atomic E-state index is 14.5. The minimum atomic E-state index is -0.788. The summed E-state index contributed by atoms with van der Waals surface area (Å²) >= 11 is 2.63. The van der Waals surface area contributed by atoms with E-state index in [2.05, 4.69) is 21.2 Å². The zero-order valence-electron chi connectivity index (χ0n) is 30.1. The second kappa shape index (κ2) is 15.4. The number of amides is 2. The van der Waals surface area contributed by atoms with Crippen molar-refractivity contribution in [2.24, 2.45) is 21.9 Å². The fourth-order valence-electron chi connectivity index (χ4n) is 7.88. The van der Waals surface area contributed by atoms with Gasteiger partial charge in [0.25, 0.3) is 5.91 Å². The lowest BCUT2D eigenvalue weighted by Gasteiger charge is -2.43. The smallest absolute Gasteiger partial charge is 0.261 e. The predicted octanol–water partition coefficient (Wildman–Crippen LogP) is 8.28. The fraction of sp³-hybridized carbons (Fsp3) is 0.333. The van der Waals surface area contributed by atoms with Crippen molar-refractivity contribution in [2.45, 2.75) is 68.8 Å². The lowest BCUT2D eigenvalue weighted by atomic mass is 9.86. The number of likely N-dealkylation sites (N-methyl/N-ethyl adjacent to an activating group) is 1. The highest BCUT2D eigenvalue weighted by atomic mass is 32.2. The fourth-order valence-corrected chi connectivity index (χ4v) is 10.9. The van der Waals surface area contributed by atoms with Gasteiger partial charge in [-0.2, -0.15) is 10.2 Å². The molecule has 2 N–H and O–H groups in total. The SMILES string of the molecule is C.CC(=O)N1N=C(c2cc(F)ccc2F)SC12CN(C)Cc1ccccc12.N[C@H](C(=O)N1N=C(c2cc(F)ccc2F)SC12CCCc1ccccc12)C1CC1. The number of hydrazone groups is 2. The molecule has 4 aromatic rings. The molecule has 3 aliphatic heterocycles. The number of carbonyl (C=O) groups is 2. The third kappa shape index (κ3) is 7.05. The number of halogens is 4. The standard InChI is InChI=1S/C22H21F2N3OS.C19H17F2N3OS.CH4/c23-15-9-10-18(24)16(12-15)20-26-27(21(28)19(25)14-7-8-14)22(29-20)11-3-5-13-4-1-2-6-17(13)22;1-12(25)24-19(11-23(2)10-13-5-3-4-6-16(13)19)26-18(22-24)15-9-14(20)7-8-17(15)21;/h1-2,4,6,9-10,12,14,19H,3,5,7-8,11,25H2;3-9H,10-11H2,1-2H3;1H4/t19-,22?;;/m0../s1. The molecular formula is C42H42F4N6O2S2. The van der Waals surface area contributed by atoms with E-state index in [1.165, 1.54) is 40.5 Å². The Morgan fingerprint density at radius 2 is 1.32 bits per heavy atom. The molecule has 3 atom stereocenters. The number of thioether (sulfide) groups is 2. The Morgan fingerprint density at radius 3 is 1.91 bits per heavy atom. The van der Waals surface area contributed by atoms with Crippen molar-refractivity contribution in [2.75, 3.05) is 13.6 Å². The van der Waals surface area contributed by atoms with Crippen LogP contribution in [0.4, 0.5) is 17.6 Å². The quantitative estimate of drug-likeness (QED) is 0.209. The Kier molecular flexibility index (Phi) is 11.0. The van der Waals surface area contributed by atoms with Crippen LogP contribution in [0.2, 0.25) is 0 Å². The van der Waals surface area contributed by atoms with Gasteiger partial charge in [-0.15, -0.1) is 0 Å². The number of nitrogens with zero attached hydrogens (tertiary/aromatic N) is 5. The van der Waals surface area contributed by atoms with Crippen molar-refractivity contribution in [3.8, 4) is 0 Å². The Hall–Kier alpha value is -4.50. The first-order valence-corrected chi connectivity index (χ1v) is 19.8. The first-order valence-electron chi connectivity index (χ1n) is 18.1.